The number of nitrogens with zero attached hydrogens (tertiary/aromatic N) is 1. The van der Waals surface area contributed by atoms with Gasteiger partial charge in [-0.25, -0.2) is 4.39 Å². The molecule has 0 aliphatic rings. The van der Waals surface area contributed by atoms with Gasteiger partial charge in [0.2, 0.25) is 0 Å². The van der Waals surface area contributed by atoms with Crippen LogP contribution in [-0.2, 0) is 0 Å². The molecule has 0 bridgehead atoms. The van der Waals surface area contributed by atoms with Crippen molar-refractivity contribution >= 4 is 5.69 Å². The molecule has 1 aromatic carbocycles. The van der Waals surface area contributed by atoms with Crippen molar-refractivity contribution in [3.63, 3.8) is 0 Å². The van der Waals surface area contributed by atoms with Crippen LogP contribution in [0.15, 0.2) is 18.2 Å². The molecule has 0 fully saturated rings. The number of hydrogen-bond acceptors (Lipinski definition) is 2. The van der Waals surface area contributed by atoms with Crippen molar-refractivity contribution in [2.24, 2.45) is 11.8 Å². The lowest BCUT2D eigenvalue weighted by Crippen LogP contribution is -2.28. The Morgan fingerprint density at radius 1 is 1.00 bits per heavy atom. The van der Waals surface area contributed by atoms with Crippen LogP contribution in [0.5, 0.6) is 0 Å². The van der Waals surface area contributed by atoms with Crippen LogP contribution in [0.2, 0.25) is 0 Å². The Kier molecular flexibility index (Phi) is 7.16. The first-order valence-electron chi connectivity index (χ1n) is 8.03. The third-order valence-electron chi connectivity index (χ3n) is 3.75. The molecule has 1 atom stereocenters. The fourth-order valence-corrected chi connectivity index (χ4v) is 2.22. The number of anilines is 1. The molecule has 0 radical (unpaired) electrons. The molecule has 0 aliphatic heterocycles. The molecule has 0 amide bonds. The zero-order valence-electron chi connectivity index (χ0n) is 14.1. The standard InChI is InChI=1S/C18H30FNO/c1-13(2)8-10-20(11-9-14(3)4)18-7-6-16(15(5)21)12-17(18)19/h6-7,12-15,21H,8-11H2,1-5H3/t15-/m1/s1. The van der Waals surface area contributed by atoms with E-state index in [2.05, 4.69) is 32.6 Å². The highest BCUT2D eigenvalue weighted by Gasteiger charge is 2.14. The van der Waals surface area contributed by atoms with Crippen molar-refractivity contribution in [1.82, 2.24) is 0 Å². The van der Waals surface area contributed by atoms with Crippen LogP contribution in [0.25, 0.3) is 0 Å². The fraction of sp³-hybridized carbons (Fsp3) is 0.667. The van der Waals surface area contributed by atoms with Gasteiger partial charge in [0.1, 0.15) is 5.82 Å². The molecule has 21 heavy (non-hydrogen) atoms. The minimum atomic E-state index is -0.631. The lowest BCUT2D eigenvalue weighted by molar-refractivity contribution is 0.199. The van der Waals surface area contributed by atoms with E-state index in [1.54, 1.807) is 13.0 Å². The summed E-state index contributed by atoms with van der Waals surface area (Å²) in [7, 11) is 0. The first kappa shape index (κ1) is 18.0. The van der Waals surface area contributed by atoms with Crippen LogP contribution >= 0.6 is 0 Å². The molecule has 0 unspecified atom stereocenters. The fourth-order valence-electron chi connectivity index (χ4n) is 2.22. The third kappa shape index (κ3) is 6.04. The van der Waals surface area contributed by atoms with Crippen LogP contribution in [0.1, 0.15) is 59.1 Å². The third-order valence-corrected chi connectivity index (χ3v) is 3.75. The van der Waals surface area contributed by atoms with Gasteiger partial charge in [-0.2, -0.15) is 0 Å². The van der Waals surface area contributed by atoms with E-state index >= 15 is 0 Å². The summed E-state index contributed by atoms with van der Waals surface area (Å²) in [6.07, 6.45) is 1.47. The molecule has 0 saturated carbocycles. The van der Waals surface area contributed by atoms with Crippen LogP contribution in [-0.4, -0.2) is 18.2 Å². The van der Waals surface area contributed by atoms with Gasteiger partial charge in [-0.1, -0.05) is 33.8 Å². The predicted molar refractivity (Wildman–Crippen MR) is 88.2 cm³/mol. The molecule has 0 aliphatic carbocycles. The van der Waals surface area contributed by atoms with Crippen molar-refractivity contribution in [2.75, 3.05) is 18.0 Å². The second kappa shape index (κ2) is 8.38. The lowest BCUT2D eigenvalue weighted by atomic mass is 10.1. The molecule has 2 nitrogen and oxygen atoms in total. The Morgan fingerprint density at radius 3 is 1.90 bits per heavy atom. The van der Waals surface area contributed by atoms with Gasteiger partial charge < -0.3 is 10.0 Å². The predicted octanol–water partition coefficient (Wildman–Crippen LogP) is 4.78. The van der Waals surface area contributed by atoms with Crippen LogP contribution in [0, 0.1) is 17.7 Å². The average molecular weight is 295 g/mol. The summed E-state index contributed by atoms with van der Waals surface area (Å²) >= 11 is 0. The molecule has 3 heteroatoms. The highest BCUT2D eigenvalue weighted by atomic mass is 19.1. The summed E-state index contributed by atoms with van der Waals surface area (Å²) in [6, 6.07) is 5.08. The van der Waals surface area contributed by atoms with Crippen LogP contribution in [0.4, 0.5) is 10.1 Å². The number of aliphatic hydroxyl groups is 1. The van der Waals surface area contributed by atoms with Crippen LogP contribution in [0.3, 0.4) is 0 Å². The van der Waals surface area contributed by atoms with E-state index in [0.717, 1.165) is 25.9 Å². The van der Waals surface area contributed by atoms with Gasteiger partial charge >= 0.3 is 0 Å². The van der Waals surface area contributed by atoms with Crippen molar-refractivity contribution in [3.05, 3.63) is 29.6 Å². The Morgan fingerprint density at radius 2 is 1.52 bits per heavy atom. The van der Waals surface area contributed by atoms with Gasteiger partial charge in [0, 0.05) is 13.1 Å². The molecule has 1 N–H and O–H groups in total. The Hall–Kier alpha value is -1.09. The molecule has 0 heterocycles. The maximum absolute atomic E-state index is 14.4. The molecular formula is C18H30FNO. The maximum Gasteiger partial charge on any atom is 0.146 e. The van der Waals surface area contributed by atoms with E-state index in [9.17, 15) is 9.50 Å². The van der Waals surface area contributed by atoms with Gasteiger partial charge in [-0.15, -0.1) is 0 Å². The van der Waals surface area contributed by atoms with Gasteiger partial charge in [0.15, 0.2) is 0 Å². The van der Waals surface area contributed by atoms with E-state index in [0.29, 0.717) is 23.1 Å². The van der Waals surface area contributed by atoms with Crippen LogP contribution < -0.4 is 4.90 Å². The highest BCUT2D eigenvalue weighted by molar-refractivity contribution is 5.49. The smallest absolute Gasteiger partial charge is 0.146 e. The van der Waals surface area contributed by atoms with E-state index in [1.807, 2.05) is 6.07 Å². The summed E-state index contributed by atoms with van der Waals surface area (Å²) in [4.78, 5) is 2.14. The summed E-state index contributed by atoms with van der Waals surface area (Å²) in [5.41, 5.74) is 1.28. The second-order valence-corrected chi connectivity index (χ2v) is 6.74. The number of hydrogen-bond donors (Lipinski definition) is 1. The van der Waals surface area contributed by atoms with Crippen molar-refractivity contribution < 1.29 is 9.50 Å². The average Bonchev–Trinajstić information content (AvgIpc) is 2.38. The minimum Gasteiger partial charge on any atom is -0.389 e. The molecule has 1 rings (SSSR count). The first-order chi connectivity index (χ1) is 9.81. The number of halogens is 1. The van der Waals surface area contributed by atoms with Gasteiger partial charge in [-0.05, 0) is 49.3 Å². The number of rotatable bonds is 8. The normalized spacial score (nSPS) is 13.0. The SMILES string of the molecule is CC(C)CCN(CCC(C)C)c1ccc([C@@H](C)O)cc1F. The topological polar surface area (TPSA) is 23.5 Å². The molecular weight excluding hydrogens is 265 g/mol. The summed E-state index contributed by atoms with van der Waals surface area (Å²) in [6.45, 7) is 12.1. The van der Waals surface area contributed by atoms with Crippen molar-refractivity contribution in [2.45, 2.75) is 53.6 Å². The molecule has 0 spiro atoms. The summed E-state index contributed by atoms with van der Waals surface area (Å²) in [5.74, 6) is 0.971. The van der Waals surface area contributed by atoms with Gasteiger partial charge in [0.25, 0.3) is 0 Å². The first-order valence-corrected chi connectivity index (χ1v) is 8.03. The maximum atomic E-state index is 14.4. The lowest BCUT2D eigenvalue weighted by Gasteiger charge is -2.27. The van der Waals surface area contributed by atoms with Gasteiger partial charge in [0.05, 0.1) is 11.8 Å². The highest BCUT2D eigenvalue weighted by Crippen LogP contribution is 2.25. The van der Waals surface area contributed by atoms with E-state index < -0.39 is 6.10 Å². The van der Waals surface area contributed by atoms with E-state index in [1.165, 1.54) is 6.07 Å². The quantitative estimate of drug-likeness (QED) is 0.746. The zero-order chi connectivity index (χ0) is 16.0. The van der Waals surface area contributed by atoms with E-state index in [-0.39, 0.29) is 5.82 Å². The summed E-state index contributed by atoms with van der Waals surface area (Å²) < 4.78 is 14.4. The molecule has 0 saturated heterocycles. The Bertz CT molecular complexity index is 417. The Labute approximate surface area is 129 Å². The van der Waals surface area contributed by atoms with Crippen molar-refractivity contribution in [3.8, 4) is 0 Å². The second-order valence-electron chi connectivity index (χ2n) is 6.74. The van der Waals surface area contributed by atoms with E-state index in [4.69, 9.17) is 0 Å². The molecule has 1 aromatic rings. The zero-order valence-corrected chi connectivity index (χ0v) is 14.1. The summed E-state index contributed by atoms with van der Waals surface area (Å²) in [5, 5.41) is 9.55. The molecule has 0 aromatic heterocycles. The largest absolute Gasteiger partial charge is 0.389 e. The van der Waals surface area contributed by atoms with Gasteiger partial charge in [-0.3, -0.25) is 0 Å². The Balaban J connectivity index is 2.90. The monoisotopic (exact) mass is 295 g/mol. The van der Waals surface area contributed by atoms with Crippen molar-refractivity contribution in [1.29, 1.82) is 0 Å². The minimum absolute atomic E-state index is 0.235. The molecule has 120 valence electrons. The number of benzene rings is 1. The number of aliphatic hydroxyl groups excluding tert-OH is 1.